The number of nitrogens with zero attached hydrogens (tertiary/aromatic N) is 2. The number of carbonyl (C=O) groups is 1. The van der Waals surface area contributed by atoms with Crippen molar-refractivity contribution in [3.8, 4) is 11.5 Å². The molecule has 0 aliphatic heterocycles. The first-order valence-corrected chi connectivity index (χ1v) is 10.9. The minimum Gasteiger partial charge on any atom is -0.493 e. The number of hydrogen-bond donors (Lipinski definition) is 2. The molecule has 170 valence electrons. The molecule has 0 radical (unpaired) electrons. The monoisotopic (exact) mass is 436 g/mol. The maximum atomic E-state index is 12.4. The van der Waals surface area contributed by atoms with Crippen molar-refractivity contribution in [1.82, 2.24) is 14.9 Å². The van der Waals surface area contributed by atoms with Crippen molar-refractivity contribution in [2.45, 2.75) is 39.8 Å². The van der Waals surface area contributed by atoms with Crippen LogP contribution in [0.4, 0.5) is 10.5 Å². The summed E-state index contributed by atoms with van der Waals surface area (Å²) in [5.41, 5.74) is 2.85. The lowest BCUT2D eigenvalue weighted by atomic mass is 10.1. The number of hydrogen-bond acceptors (Lipinski definition) is 4. The third-order valence-electron chi connectivity index (χ3n) is 5.01. The van der Waals surface area contributed by atoms with Gasteiger partial charge in [0.1, 0.15) is 0 Å². The Bertz CT molecular complexity index is 969. The van der Waals surface area contributed by atoms with Crippen molar-refractivity contribution in [1.29, 1.82) is 0 Å². The van der Waals surface area contributed by atoms with Gasteiger partial charge >= 0.3 is 6.03 Å². The average molecular weight is 437 g/mol. The largest absolute Gasteiger partial charge is 0.493 e. The fourth-order valence-corrected chi connectivity index (χ4v) is 3.25. The van der Waals surface area contributed by atoms with Crippen LogP contribution in [0.3, 0.4) is 0 Å². The van der Waals surface area contributed by atoms with Gasteiger partial charge in [-0.2, -0.15) is 0 Å². The van der Waals surface area contributed by atoms with Crippen LogP contribution in [-0.4, -0.2) is 29.3 Å². The Hall–Kier alpha value is -3.48. The lowest BCUT2D eigenvalue weighted by Crippen LogP contribution is -2.28. The smallest absolute Gasteiger partial charge is 0.319 e. The van der Waals surface area contributed by atoms with Crippen LogP contribution in [-0.2, 0) is 13.1 Å². The number of anilines is 1. The van der Waals surface area contributed by atoms with Crippen LogP contribution < -0.4 is 20.1 Å². The zero-order valence-electron chi connectivity index (χ0n) is 19.0. The van der Waals surface area contributed by atoms with E-state index in [9.17, 15) is 4.79 Å². The normalized spacial score (nSPS) is 10.8. The lowest BCUT2D eigenvalue weighted by Gasteiger charge is -2.14. The number of ether oxygens (including phenoxy) is 2. The van der Waals surface area contributed by atoms with Crippen LogP contribution in [0.1, 0.15) is 37.8 Å². The van der Waals surface area contributed by atoms with Crippen molar-refractivity contribution >= 4 is 11.7 Å². The Morgan fingerprint density at radius 2 is 1.88 bits per heavy atom. The van der Waals surface area contributed by atoms with E-state index in [2.05, 4.69) is 41.6 Å². The Balaban J connectivity index is 1.49. The van der Waals surface area contributed by atoms with Crippen LogP contribution in [0, 0.1) is 5.92 Å². The predicted octanol–water partition coefficient (Wildman–Crippen LogP) is 5.08. The molecule has 0 aliphatic rings. The van der Waals surface area contributed by atoms with Gasteiger partial charge in [-0.1, -0.05) is 38.1 Å². The second-order valence-electron chi connectivity index (χ2n) is 8.11. The average Bonchev–Trinajstić information content (AvgIpc) is 3.29. The number of imidazole rings is 1. The SMILES string of the molecule is COc1ccc(NC(=O)NCc2ccc(Cn3ccnc3)cc2)cc1OCCCC(C)C. The number of amides is 2. The molecule has 3 rings (SSSR count). The van der Waals surface area contributed by atoms with Crippen molar-refractivity contribution in [2.75, 3.05) is 19.0 Å². The third-order valence-corrected chi connectivity index (χ3v) is 5.01. The van der Waals surface area contributed by atoms with E-state index in [0.717, 1.165) is 24.9 Å². The van der Waals surface area contributed by atoms with Crippen LogP contribution >= 0.6 is 0 Å². The van der Waals surface area contributed by atoms with Crippen molar-refractivity contribution in [3.63, 3.8) is 0 Å². The molecule has 0 saturated heterocycles. The molecule has 2 amide bonds. The Labute approximate surface area is 189 Å². The van der Waals surface area contributed by atoms with E-state index in [1.54, 1.807) is 37.8 Å². The predicted molar refractivity (Wildman–Crippen MR) is 126 cm³/mol. The molecule has 0 atom stereocenters. The summed E-state index contributed by atoms with van der Waals surface area (Å²) in [6.45, 7) is 6.21. The molecule has 1 aromatic heterocycles. The number of benzene rings is 2. The number of carbonyl (C=O) groups excluding carboxylic acids is 1. The molecule has 7 nitrogen and oxygen atoms in total. The van der Waals surface area contributed by atoms with E-state index in [4.69, 9.17) is 9.47 Å². The van der Waals surface area contributed by atoms with Crippen LogP contribution in [0.15, 0.2) is 61.2 Å². The first-order chi connectivity index (χ1) is 15.5. The lowest BCUT2D eigenvalue weighted by molar-refractivity contribution is 0.251. The van der Waals surface area contributed by atoms with Crippen LogP contribution in [0.2, 0.25) is 0 Å². The Morgan fingerprint density at radius 1 is 1.09 bits per heavy atom. The molecule has 7 heteroatoms. The van der Waals surface area contributed by atoms with E-state index < -0.39 is 0 Å². The van der Waals surface area contributed by atoms with Crippen LogP contribution in [0.25, 0.3) is 0 Å². The standard InChI is InChI=1S/C25H32N4O3/c1-19(2)5-4-14-32-24-15-22(10-11-23(24)31-3)28-25(30)27-16-20-6-8-21(9-7-20)17-29-13-12-26-18-29/h6-13,15,18-19H,4-5,14,16-17H2,1-3H3,(H2,27,28,30). The molecular weight excluding hydrogens is 404 g/mol. The van der Waals surface area contributed by atoms with E-state index in [-0.39, 0.29) is 6.03 Å². The van der Waals surface area contributed by atoms with Gasteiger partial charge in [0.2, 0.25) is 0 Å². The van der Waals surface area contributed by atoms with Gasteiger partial charge in [0.05, 0.1) is 20.0 Å². The minimum absolute atomic E-state index is 0.275. The fourth-order valence-electron chi connectivity index (χ4n) is 3.25. The van der Waals surface area contributed by atoms with Gasteiger partial charge < -0.3 is 24.7 Å². The zero-order chi connectivity index (χ0) is 22.8. The van der Waals surface area contributed by atoms with E-state index in [1.807, 2.05) is 22.9 Å². The molecule has 2 N–H and O–H groups in total. The zero-order valence-corrected chi connectivity index (χ0v) is 19.0. The summed E-state index contributed by atoms with van der Waals surface area (Å²) >= 11 is 0. The molecule has 2 aromatic carbocycles. The molecule has 0 bridgehead atoms. The summed E-state index contributed by atoms with van der Waals surface area (Å²) in [7, 11) is 1.61. The van der Waals surface area contributed by atoms with Crippen molar-refractivity contribution in [2.24, 2.45) is 5.92 Å². The minimum atomic E-state index is -0.275. The highest BCUT2D eigenvalue weighted by atomic mass is 16.5. The van der Waals surface area contributed by atoms with Crippen molar-refractivity contribution in [3.05, 3.63) is 72.3 Å². The molecular formula is C25H32N4O3. The second-order valence-corrected chi connectivity index (χ2v) is 8.11. The summed E-state index contributed by atoms with van der Waals surface area (Å²) in [6, 6.07) is 13.3. The quantitative estimate of drug-likeness (QED) is 0.411. The van der Waals surface area contributed by atoms with Gasteiger partial charge in [0, 0.05) is 37.2 Å². The molecule has 32 heavy (non-hydrogen) atoms. The Kier molecular flexibility index (Phi) is 8.54. The molecule has 0 aliphatic carbocycles. The second kappa shape index (κ2) is 11.8. The Morgan fingerprint density at radius 3 is 2.56 bits per heavy atom. The highest BCUT2D eigenvalue weighted by Crippen LogP contribution is 2.30. The van der Waals surface area contributed by atoms with Crippen LogP contribution in [0.5, 0.6) is 11.5 Å². The van der Waals surface area contributed by atoms with E-state index in [0.29, 0.717) is 36.3 Å². The van der Waals surface area contributed by atoms with Crippen molar-refractivity contribution < 1.29 is 14.3 Å². The maximum absolute atomic E-state index is 12.4. The number of rotatable bonds is 11. The topological polar surface area (TPSA) is 77.4 Å². The van der Waals surface area contributed by atoms with Gasteiger partial charge in [-0.05, 0) is 42.0 Å². The number of aromatic nitrogens is 2. The van der Waals surface area contributed by atoms with Gasteiger partial charge in [-0.3, -0.25) is 0 Å². The highest BCUT2D eigenvalue weighted by Gasteiger charge is 2.09. The van der Waals surface area contributed by atoms with Gasteiger partial charge in [0.25, 0.3) is 0 Å². The molecule has 0 saturated carbocycles. The first-order valence-electron chi connectivity index (χ1n) is 10.9. The van der Waals surface area contributed by atoms with Gasteiger partial charge in [0.15, 0.2) is 11.5 Å². The molecule has 3 aromatic rings. The van der Waals surface area contributed by atoms with Gasteiger partial charge in [-0.25, -0.2) is 9.78 Å². The fraction of sp³-hybridized carbons (Fsp3) is 0.360. The summed E-state index contributed by atoms with van der Waals surface area (Å²) in [5, 5.41) is 5.75. The number of methoxy groups -OCH3 is 1. The molecule has 0 fully saturated rings. The van der Waals surface area contributed by atoms with E-state index in [1.165, 1.54) is 5.56 Å². The molecule has 0 unspecified atom stereocenters. The maximum Gasteiger partial charge on any atom is 0.319 e. The van der Waals surface area contributed by atoms with E-state index >= 15 is 0 Å². The van der Waals surface area contributed by atoms with Gasteiger partial charge in [-0.15, -0.1) is 0 Å². The summed E-state index contributed by atoms with van der Waals surface area (Å²) in [6.07, 6.45) is 7.57. The highest BCUT2D eigenvalue weighted by molar-refractivity contribution is 5.89. The third kappa shape index (κ3) is 7.34. The first kappa shape index (κ1) is 23.2. The molecule has 0 spiro atoms. The summed E-state index contributed by atoms with van der Waals surface area (Å²) in [5.74, 6) is 1.92. The number of nitrogens with one attached hydrogen (secondary N) is 2. The number of urea groups is 1. The summed E-state index contributed by atoms with van der Waals surface area (Å²) in [4.78, 5) is 16.4. The summed E-state index contributed by atoms with van der Waals surface area (Å²) < 4.78 is 13.3. The molecule has 1 heterocycles.